The molecule has 1 aliphatic heterocycles. The van der Waals surface area contributed by atoms with Gasteiger partial charge >= 0.3 is 0 Å². The molecule has 3 rings (SSSR count). The van der Waals surface area contributed by atoms with Crippen molar-refractivity contribution in [3.63, 3.8) is 0 Å². The van der Waals surface area contributed by atoms with E-state index >= 15 is 0 Å². The van der Waals surface area contributed by atoms with Gasteiger partial charge in [-0.15, -0.1) is 0 Å². The van der Waals surface area contributed by atoms with Crippen molar-refractivity contribution in [1.29, 1.82) is 0 Å². The quantitative estimate of drug-likeness (QED) is 0.924. The number of rotatable bonds is 3. The molecule has 25 heavy (non-hydrogen) atoms. The molecule has 0 spiro atoms. The lowest BCUT2D eigenvalue weighted by Gasteiger charge is -2.18. The molecule has 0 aliphatic carbocycles. The molecule has 4 nitrogen and oxygen atoms in total. The van der Waals surface area contributed by atoms with Crippen LogP contribution in [0.2, 0.25) is 0 Å². The van der Waals surface area contributed by atoms with Gasteiger partial charge < -0.3 is 10.2 Å². The lowest BCUT2D eigenvalue weighted by molar-refractivity contribution is -0.122. The Bertz CT molecular complexity index is 822. The Labute approximate surface area is 148 Å². The minimum Gasteiger partial charge on any atom is -0.326 e. The van der Waals surface area contributed by atoms with Crippen molar-refractivity contribution in [3.05, 3.63) is 58.7 Å². The van der Waals surface area contributed by atoms with Crippen LogP contribution in [-0.4, -0.2) is 18.4 Å². The minimum atomic E-state index is -0.326. The normalized spacial score (nSPS) is 17.0. The monoisotopic (exact) mass is 336 g/mol. The molecular weight excluding hydrogens is 312 g/mol. The summed E-state index contributed by atoms with van der Waals surface area (Å²) in [4.78, 5) is 26.8. The summed E-state index contributed by atoms with van der Waals surface area (Å²) in [6.45, 7) is 8.47. The molecule has 2 aromatic rings. The van der Waals surface area contributed by atoms with Crippen LogP contribution in [0.4, 0.5) is 11.4 Å². The van der Waals surface area contributed by atoms with Crippen LogP contribution in [0.5, 0.6) is 0 Å². The van der Waals surface area contributed by atoms with Crippen LogP contribution in [0.15, 0.2) is 36.4 Å². The van der Waals surface area contributed by atoms with Crippen molar-refractivity contribution in [2.24, 2.45) is 5.92 Å². The van der Waals surface area contributed by atoms with Crippen LogP contribution >= 0.6 is 0 Å². The predicted octanol–water partition coefficient (Wildman–Crippen LogP) is 3.91. The SMILES string of the molecule is Cc1cc(C)cc(N2C[C@H](C(=O)Nc3cccc(C)c3C)CC2=O)c1. The maximum absolute atomic E-state index is 12.6. The minimum absolute atomic E-state index is 0.00566. The van der Waals surface area contributed by atoms with E-state index in [9.17, 15) is 9.59 Å². The van der Waals surface area contributed by atoms with Gasteiger partial charge in [0, 0.05) is 24.3 Å². The summed E-state index contributed by atoms with van der Waals surface area (Å²) < 4.78 is 0. The Morgan fingerprint density at radius 1 is 1.08 bits per heavy atom. The molecule has 130 valence electrons. The second-order valence-electron chi connectivity index (χ2n) is 6.99. The third-order valence-corrected chi connectivity index (χ3v) is 4.88. The zero-order chi connectivity index (χ0) is 18.1. The van der Waals surface area contributed by atoms with E-state index in [-0.39, 0.29) is 24.2 Å². The zero-order valence-corrected chi connectivity index (χ0v) is 15.2. The van der Waals surface area contributed by atoms with E-state index in [0.717, 1.165) is 33.6 Å². The molecule has 1 fully saturated rings. The number of hydrogen-bond donors (Lipinski definition) is 1. The number of aryl methyl sites for hydroxylation is 3. The topological polar surface area (TPSA) is 49.4 Å². The van der Waals surface area contributed by atoms with Crippen molar-refractivity contribution in [3.8, 4) is 0 Å². The first kappa shape index (κ1) is 17.2. The lowest BCUT2D eigenvalue weighted by atomic mass is 10.1. The van der Waals surface area contributed by atoms with Crippen molar-refractivity contribution >= 4 is 23.2 Å². The number of carbonyl (C=O) groups excluding carboxylic acids is 2. The first-order valence-electron chi connectivity index (χ1n) is 8.61. The Kier molecular flexibility index (Phi) is 4.62. The number of nitrogens with zero attached hydrogens (tertiary/aromatic N) is 1. The van der Waals surface area contributed by atoms with Gasteiger partial charge in [-0.1, -0.05) is 18.2 Å². The summed E-state index contributed by atoms with van der Waals surface area (Å²) in [5.41, 5.74) is 6.13. The molecule has 0 radical (unpaired) electrons. The fraction of sp³-hybridized carbons (Fsp3) is 0.333. The summed E-state index contributed by atoms with van der Waals surface area (Å²) >= 11 is 0. The van der Waals surface area contributed by atoms with Crippen molar-refractivity contribution < 1.29 is 9.59 Å². The highest BCUT2D eigenvalue weighted by Crippen LogP contribution is 2.28. The lowest BCUT2D eigenvalue weighted by Crippen LogP contribution is -2.28. The first-order valence-corrected chi connectivity index (χ1v) is 8.61. The number of anilines is 2. The van der Waals surface area contributed by atoms with Gasteiger partial charge in [0.15, 0.2) is 0 Å². The third kappa shape index (κ3) is 3.58. The standard InChI is InChI=1S/C21H24N2O2/c1-13-8-14(2)10-18(9-13)23-12-17(11-20(23)24)21(25)22-19-7-5-6-15(3)16(19)4/h5-10,17H,11-12H2,1-4H3,(H,22,25)/t17-/m1/s1. The van der Waals surface area contributed by atoms with Gasteiger partial charge in [0.05, 0.1) is 5.92 Å². The van der Waals surface area contributed by atoms with Gasteiger partial charge in [-0.3, -0.25) is 9.59 Å². The zero-order valence-electron chi connectivity index (χ0n) is 15.2. The number of nitrogens with one attached hydrogen (secondary N) is 1. The summed E-state index contributed by atoms with van der Waals surface area (Å²) in [5.74, 6) is -0.409. The molecule has 1 atom stereocenters. The van der Waals surface area contributed by atoms with Crippen LogP contribution < -0.4 is 10.2 Å². The molecule has 1 N–H and O–H groups in total. The summed E-state index contributed by atoms with van der Waals surface area (Å²) in [6.07, 6.45) is 0.254. The van der Waals surface area contributed by atoms with E-state index < -0.39 is 0 Å². The van der Waals surface area contributed by atoms with E-state index in [4.69, 9.17) is 0 Å². The van der Waals surface area contributed by atoms with Crippen LogP contribution in [0, 0.1) is 33.6 Å². The van der Waals surface area contributed by atoms with E-state index in [2.05, 4.69) is 11.4 Å². The predicted molar refractivity (Wildman–Crippen MR) is 101 cm³/mol. The molecule has 0 aromatic heterocycles. The van der Waals surface area contributed by atoms with Crippen molar-refractivity contribution in [2.45, 2.75) is 34.1 Å². The van der Waals surface area contributed by atoms with Gasteiger partial charge in [0.25, 0.3) is 0 Å². The number of hydrogen-bond acceptors (Lipinski definition) is 2. The van der Waals surface area contributed by atoms with Crippen LogP contribution in [-0.2, 0) is 9.59 Å². The molecular formula is C21H24N2O2. The molecule has 0 bridgehead atoms. The van der Waals surface area contributed by atoms with E-state index in [0.29, 0.717) is 6.54 Å². The smallest absolute Gasteiger partial charge is 0.229 e. The van der Waals surface area contributed by atoms with Gasteiger partial charge in [-0.25, -0.2) is 0 Å². The van der Waals surface area contributed by atoms with Crippen molar-refractivity contribution in [1.82, 2.24) is 0 Å². The van der Waals surface area contributed by atoms with Gasteiger partial charge in [0.2, 0.25) is 11.8 Å². The number of benzene rings is 2. The third-order valence-electron chi connectivity index (χ3n) is 4.88. The van der Waals surface area contributed by atoms with E-state index in [1.54, 1.807) is 4.90 Å². The Morgan fingerprint density at radius 3 is 2.44 bits per heavy atom. The van der Waals surface area contributed by atoms with Crippen LogP contribution in [0.3, 0.4) is 0 Å². The molecule has 1 heterocycles. The second-order valence-corrected chi connectivity index (χ2v) is 6.99. The van der Waals surface area contributed by atoms with E-state index in [1.807, 2.05) is 58.0 Å². The highest BCUT2D eigenvalue weighted by atomic mass is 16.2. The van der Waals surface area contributed by atoms with Gasteiger partial charge in [-0.2, -0.15) is 0 Å². The fourth-order valence-electron chi connectivity index (χ4n) is 3.36. The maximum Gasteiger partial charge on any atom is 0.229 e. The average molecular weight is 336 g/mol. The molecule has 2 amide bonds. The van der Waals surface area contributed by atoms with Gasteiger partial charge in [-0.05, 0) is 68.1 Å². The number of amides is 2. The summed E-state index contributed by atoms with van der Waals surface area (Å²) in [7, 11) is 0. The van der Waals surface area contributed by atoms with Crippen LogP contribution in [0.1, 0.15) is 28.7 Å². The Morgan fingerprint density at radius 2 is 1.76 bits per heavy atom. The Balaban J connectivity index is 1.75. The highest BCUT2D eigenvalue weighted by molar-refractivity contribution is 6.03. The van der Waals surface area contributed by atoms with Crippen LogP contribution in [0.25, 0.3) is 0 Å². The maximum atomic E-state index is 12.6. The van der Waals surface area contributed by atoms with E-state index in [1.165, 1.54) is 0 Å². The molecule has 0 saturated carbocycles. The molecule has 2 aromatic carbocycles. The highest BCUT2D eigenvalue weighted by Gasteiger charge is 2.35. The Hall–Kier alpha value is -2.62. The first-order chi connectivity index (χ1) is 11.8. The molecule has 1 saturated heterocycles. The molecule has 1 aliphatic rings. The molecule has 4 heteroatoms. The fourth-order valence-corrected chi connectivity index (χ4v) is 3.36. The summed E-state index contributed by atoms with van der Waals surface area (Å²) in [6, 6.07) is 11.9. The number of carbonyl (C=O) groups is 2. The summed E-state index contributed by atoms with van der Waals surface area (Å²) in [5, 5.41) is 2.99. The van der Waals surface area contributed by atoms with Gasteiger partial charge in [0.1, 0.15) is 0 Å². The second kappa shape index (κ2) is 6.71. The largest absolute Gasteiger partial charge is 0.326 e. The van der Waals surface area contributed by atoms with Crippen molar-refractivity contribution in [2.75, 3.05) is 16.8 Å². The average Bonchev–Trinajstić information content (AvgIpc) is 2.93. The molecule has 0 unspecified atom stereocenters.